The van der Waals surface area contributed by atoms with Crippen molar-refractivity contribution in [2.24, 2.45) is 0 Å². The molecule has 1 saturated carbocycles. The molecule has 0 radical (unpaired) electrons. The quantitative estimate of drug-likeness (QED) is 0.808. The van der Waals surface area contributed by atoms with Crippen LogP contribution in [0.4, 0.5) is 0 Å². The van der Waals surface area contributed by atoms with E-state index in [1.165, 1.54) is 0 Å². The van der Waals surface area contributed by atoms with Gasteiger partial charge in [-0.3, -0.25) is 4.79 Å². The molecular weight excluding hydrogens is 310 g/mol. The Morgan fingerprint density at radius 2 is 2.00 bits per heavy atom. The number of thioether (sulfide) groups is 1. The fourth-order valence-corrected chi connectivity index (χ4v) is 2.93. The van der Waals surface area contributed by atoms with Gasteiger partial charge in [-0.05, 0) is 49.0 Å². The number of carboxylic acid groups (broad SMARTS) is 1. The summed E-state index contributed by atoms with van der Waals surface area (Å²) >= 11 is 7.43. The van der Waals surface area contributed by atoms with Crippen molar-refractivity contribution in [1.29, 1.82) is 0 Å². The molecule has 0 heterocycles. The summed E-state index contributed by atoms with van der Waals surface area (Å²) in [6, 6.07) is 6.37. The molecule has 6 heteroatoms. The van der Waals surface area contributed by atoms with Crippen LogP contribution >= 0.6 is 23.4 Å². The summed E-state index contributed by atoms with van der Waals surface area (Å²) < 4.78 is 0. The van der Waals surface area contributed by atoms with E-state index in [0.29, 0.717) is 17.2 Å². The number of carbonyl (C=O) groups excluding carboxylic acids is 1. The van der Waals surface area contributed by atoms with Gasteiger partial charge in [0.25, 0.3) is 0 Å². The molecule has 0 saturated heterocycles. The van der Waals surface area contributed by atoms with Gasteiger partial charge in [-0.25, -0.2) is 4.79 Å². The van der Waals surface area contributed by atoms with Crippen molar-refractivity contribution in [1.82, 2.24) is 5.32 Å². The molecular formula is C15H18ClNO3S. The number of benzene rings is 1. The SMILES string of the molecule is CSCC[C@@H](NC(=O)C1(c2ccc(Cl)cc2)CC1)C(=O)O. The maximum absolute atomic E-state index is 12.5. The van der Waals surface area contributed by atoms with Crippen LogP contribution in [0.25, 0.3) is 0 Å². The number of halogens is 1. The summed E-state index contributed by atoms with van der Waals surface area (Å²) in [6.45, 7) is 0. The molecule has 0 bridgehead atoms. The topological polar surface area (TPSA) is 66.4 Å². The standard InChI is InChI=1S/C15H18ClNO3S/c1-21-9-6-12(13(18)19)17-14(20)15(7-8-15)10-2-4-11(16)5-3-10/h2-5,12H,6-9H2,1H3,(H,17,20)(H,18,19)/t12-/m1/s1. The molecule has 1 fully saturated rings. The lowest BCUT2D eigenvalue weighted by Crippen LogP contribution is -2.45. The third kappa shape index (κ3) is 3.71. The number of nitrogens with one attached hydrogen (secondary N) is 1. The second-order valence-electron chi connectivity index (χ2n) is 5.23. The zero-order chi connectivity index (χ0) is 15.5. The van der Waals surface area contributed by atoms with Crippen molar-refractivity contribution in [3.63, 3.8) is 0 Å². The second-order valence-corrected chi connectivity index (χ2v) is 6.66. The highest BCUT2D eigenvalue weighted by molar-refractivity contribution is 7.98. The van der Waals surface area contributed by atoms with Gasteiger partial charge in [0.2, 0.25) is 5.91 Å². The van der Waals surface area contributed by atoms with Crippen molar-refractivity contribution in [3.8, 4) is 0 Å². The molecule has 1 atom stereocenters. The van der Waals surface area contributed by atoms with Gasteiger partial charge in [0, 0.05) is 5.02 Å². The van der Waals surface area contributed by atoms with Crippen LogP contribution in [-0.4, -0.2) is 35.0 Å². The number of aliphatic carboxylic acids is 1. The third-order valence-corrected chi connectivity index (χ3v) is 4.69. The molecule has 1 amide bonds. The Morgan fingerprint density at radius 1 is 1.38 bits per heavy atom. The van der Waals surface area contributed by atoms with E-state index in [1.54, 1.807) is 23.9 Å². The normalized spacial score (nSPS) is 17.0. The van der Waals surface area contributed by atoms with Crippen molar-refractivity contribution in [2.75, 3.05) is 12.0 Å². The first kappa shape index (κ1) is 16.2. The zero-order valence-electron chi connectivity index (χ0n) is 11.8. The van der Waals surface area contributed by atoms with E-state index in [2.05, 4.69) is 5.32 Å². The predicted octanol–water partition coefficient (Wildman–Crippen LogP) is 2.69. The molecule has 0 spiro atoms. The van der Waals surface area contributed by atoms with E-state index in [-0.39, 0.29) is 5.91 Å². The highest BCUT2D eigenvalue weighted by Gasteiger charge is 2.51. The summed E-state index contributed by atoms with van der Waals surface area (Å²) in [5, 5.41) is 12.5. The Balaban J connectivity index is 2.08. The van der Waals surface area contributed by atoms with Crippen molar-refractivity contribution < 1.29 is 14.7 Å². The summed E-state index contributed by atoms with van der Waals surface area (Å²) in [5.41, 5.74) is 0.330. The van der Waals surface area contributed by atoms with Crippen LogP contribution in [0.2, 0.25) is 5.02 Å². The number of rotatable bonds is 7. The Kier molecular flexibility index (Phi) is 5.17. The summed E-state index contributed by atoms with van der Waals surface area (Å²) in [7, 11) is 0. The molecule has 1 aliphatic rings. The molecule has 4 nitrogen and oxygen atoms in total. The Hall–Kier alpha value is -1.20. The Bertz CT molecular complexity index is 528. The lowest BCUT2D eigenvalue weighted by molar-refractivity contribution is -0.142. The van der Waals surface area contributed by atoms with Gasteiger partial charge in [-0.1, -0.05) is 23.7 Å². The Morgan fingerprint density at radius 3 is 2.48 bits per heavy atom. The fraction of sp³-hybridized carbons (Fsp3) is 0.467. The largest absolute Gasteiger partial charge is 0.480 e. The number of carboxylic acids is 1. The lowest BCUT2D eigenvalue weighted by atomic mass is 9.94. The average molecular weight is 328 g/mol. The van der Waals surface area contributed by atoms with E-state index >= 15 is 0 Å². The molecule has 114 valence electrons. The van der Waals surface area contributed by atoms with Crippen LogP contribution in [0.3, 0.4) is 0 Å². The minimum absolute atomic E-state index is 0.196. The molecule has 1 aromatic rings. The number of hydrogen-bond donors (Lipinski definition) is 2. The van der Waals surface area contributed by atoms with E-state index in [1.807, 2.05) is 18.4 Å². The summed E-state index contributed by atoms with van der Waals surface area (Å²) in [5.74, 6) is -0.479. The maximum Gasteiger partial charge on any atom is 0.326 e. The molecule has 21 heavy (non-hydrogen) atoms. The number of carbonyl (C=O) groups is 2. The van der Waals surface area contributed by atoms with E-state index in [4.69, 9.17) is 11.6 Å². The molecule has 0 aliphatic heterocycles. The van der Waals surface area contributed by atoms with Crippen molar-refractivity contribution >= 4 is 35.2 Å². The van der Waals surface area contributed by atoms with E-state index < -0.39 is 17.4 Å². The molecule has 2 N–H and O–H groups in total. The minimum atomic E-state index is -0.982. The second kappa shape index (κ2) is 6.71. The van der Waals surface area contributed by atoms with Gasteiger partial charge in [0.05, 0.1) is 5.41 Å². The average Bonchev–Trinajstić information content (AvgIpc) is 3.25. The van der Waals surface area contributed by atoms with Crippen LogP contribution in [0, 0.1) is 0 Å². The highest BCUT2D eigenvalue weighted by atomic mass is 35.5. The van der Waals surface area contributed by atoms with Crippen LogP contribution < -0.4 is 5.32 Å². The first-order valence-corrected chi connectivity index (χ1v) is 8.55. The minimum Gasteiger partial charge on any atom is -0.480 e. The first-order valence-electron chi connectivity index (χ1n) is 6.78. The van der Waals surface area contributed by atoms with Gasteiger partial charge < -0.3 is 10.4 Å². The zero-order valence-corrected chi connectivity index (χ0v) is 13.3. The van der Waals surface area contributed by atoms with Gasteiger partial charge in [-0.15, -0.1) is 0 Å². The van der Waals surface area contributed by atoms with Gasteiger partial charge in [0.15, 0.2) is 0 Å². The highest BCUT2D eigenvalue weighted by Crippen LogP contribution is 2.48. The van der Waals surface area contributed by atoms with Gasteiger partial charge in [-0.2, -0.15) is 11.8 Å². The van der Waals surface area contributed by atoms with Crippen LogP contribution in [0.1, 0.15) is 24.8 Å². The van der Waals surface area contributed by atoms with Gasteiger partial charge >= 0.3 is 5.97 Å². The van der Waals surface area contributed by atoms with E-state index in [0.717, 1.165) is 18.4 Å². The molecule has 0 aromatic heterocycles. The van der Waals surface area contributed by atoms with Crippen LogP contribution in [0.15, 0.2) is 24.3 Å². The lowest BCUT2D eigenvalue weighted by Gasteiger charge is -2.20. The van der Waals surface area contributed by atoms with E-state index in [9.17, 15) is 14.7 Å². The monoisotopic (exact) mass is 327 g/mol. The predicted molar refractivity (Wildman–Crippen MR) is 84.9 cm³/mol. The Labute approximate surface area is 133 Å². The molecule has 1 aliphatic carbocycles. The maximum atomic E-state index is 12.5. The molecule has 0 unspecified atom stereocenters. The number of hydrogen-bond acceptors (Lipinski definition) is 3. The number of amides is 1. The molecule has 1 aromatic carbocycles. The third-order valence-electron chi connectivity index (χ3n) is 3.80. The smallest absolute Gasteiger partial charge is 0.326 e. The first-order chi connectivity index (χ1) is 9.99. The fourth-order valence-electron chi connectivity index (χ4n) is 2.33. The van der Waals surface area contributed by atoms with Crippen LogP contribution in [-0.2, 0) is 15.0 Å². The van der Waals surface area contributed by atoms with Gasteiger partial charge in [0.1, 0.15) is 6.04 Å². The van der Waals surface area contributed by atoms with Crippen molar-refractivity contribution in [3.05, 3.63) is 34.9 Å². The van der Waals surface area contributed by atoms with Crippen LogP contribution in [0.5, 0.6) is 0 Å². The summed E-state index contributed by atoms with van der Waals surface area (Å²) in [4.78, 5) is 23.7. The molecule has 2 rings (SSSR count). The summed E-state index contributed by atoms with van der Waals surface area (Å²) in [6.07, 6.45) is 3.83. The van der Waals surface area contributed by atoms with Crippen molar-refractivity contribution in [2.45, 2.75) is 30.7 Å².